The van der Waals surface area contributed by atoms with Crippen LogP contribution >= 0.6 is 12.0 Å². The summed E-state index contributed by atoms with van der Waals surface area (Å²) in [4.78, 5) is 32.8. The lowest BCUT2D eigenvalue weighted by molar-refractivity contribution is -0.160. The van der Waals surface area contributed by atoms with Crippen LogP contribution in [0.25, 0.3) is 11.0 Å². The molecule has 180 valence electrons. The number of hydrogen-bond acceptors (Lipinski definition) is 8. The van der Waals surface area contributed by atoms with Gasteiger partial charge in [-0.1, -0.05) is 0 Å². The van der Waals surface area contributed by atoms with E-state index in [0.717, 1.165) is 23.4 Å². The number of carbonyl (C=O) groups is 2. The quantitative estimate of drug-likeness (QED) is 0.214. The van der Waals surface area contributed by atoms with E-state index in [2.05, 4.69) is 15.3 Å². The van der Waals surface area contributed by atoms with Crippen molar-refractivity contribution in [2.75, 3.05) is 25.5 Å². The molecule has 0 unspecified atom stereocenters. The minimum atomic E-state index is -0.383. The lowest BCUT2D eigenvalue weighted by Gasteiger charge is -2.29. The molecule has 1 aliphatic rings. The highest BCUT2D eigenvalue weighted by atomic mass is 32.2. The highest BCUT2D eigenvalue weighted by Crippen LogP contribution is 2.35. The number of amides is 2. The van der Waals surface area contributed by atoms with Crippen LogP contribution in [0.4, 0.5) is 5.82 Å². The van der Waals surface area contributed by atoms with Crippen molar-refractivity contribution in [3.05, 3.63) is 66.1 Å². The van der Waals surface area contributed by atoms with Crippen LogP contribution in [0.3, 0.4) is 0 Å². The minimum Gasteiger partial charge on any atom is -0.457 e. The predicted molar refractivity (Wildman–Crippen MR) is 128 cm³/mol. The number of furan rings is 1. The van der Waals surface area contributed by atoms with Crippen LogP contribution in [0.1, 0.15) is 27.3 Å². The Hall–Kier alpha value is -3.80. The van der Waals surface area contributed by atoms with E-state index in [4.69, 9.17) is 13.5 Å². The summed E-state index contributed by atoms with van der Waals surface area (Å²) in [5.74, 6) is 0.971. The number of hydrogen-bond donors (Lipinski definition) is 1. The molecule has 0 spiro atoms. The Morgan fingerprint density at radius 3 is 2.57 bits per heavy atom. The topological polar surface area (TPSA) is 108 Å². The fourth-order valence-corrected chi connectivity index (χ4v) is 3.93. The van der Waals surface area contributed by atoms with E-state index in [9.17, 15) is 9.59 Å². The molecular weight excluding hydrogens is 472 g/mol. The lowest BCUT2D eigenvalue weighted by atomic mass is 10.1. The van der Waals surface area contributed by atoms with Gasteiger partial charge in [0.25, 0.3) is 11.8 Å². The second-order valence-corrected chi connectivity index (χ2v) is 8.64. The van der Waals surface area contributed by atoms with E-state index in [1.165, 1.54) is 7.11 Å². The number of rotatable bonds is 8. The zero-order chi connectivity index (χ0) is 24.4. The average Bonchev–Trinajstić information content (AvgIpc) is 3.43. The maximum absolute atomic E-state index is 13.0. The number of aromatic nitrogens is 2. The number of anilines is 1. The molecule has 1 fully saturated rings. The smallest absolute Gasteiger partial charge is 0.289 e. The van der Waals surface area contributed by atoms with Gasteiger partial charge in [0.2, 0.25) is 0 Å². The summed E-state index contributed by atoms with van der Waals surface area (Å²) in [6.45, 7) is 1.40. The molecule has 0 aliphatic carbocycles. The molecule has 0 radical (unpaired) electrons. The molecule has 0 bridgehead atoms. The van der Waals surface area contributed by atoms with E-state index in [-0.39, 0.29) is 17.6 Å². The zero-order valence-electron chi connectivity index (χ0n) is 19.0. The third-order valence-electron chi connectivity index (χ3n) is 5.42. The number of fused-ring (bicyclic) bond motifs is 1. The zero-order valence-corrected chi connectivity index (χ0v) is 19.8. The summed E-state index contributed by atoms with van der Waals surface area (Å²) < 4.78 is 18.4. The first kappa shape index (κ1) is 23.0. The molecule has 2 aromatic heterocycles. The van der Waals surface area contributed by atoms with E-state index < -0.39 is 0 Å². The van der Waals surface area contributed by atoms with E-state index in [0.29, 0.717) is 46.9 Å². The normalized spacial score (nSPS) is 13.0. The minimum absolute atomic E-state index is 0.183. The first-order valence-electron chi connectivity index (χ1n) is 10.8. The van der Waals surface area contributed by atoms with Gasteiger partial charge in [0.05, 0.1) is 24.5 Å². The van der Waals surface area contributed by atoms with Crippen molar-refractivity contribution in [2.24, 2.45) is 7.05 Å². The summed E-state index contributed by atoms with van der Waals surface area (Å²) in [7, 11) is 3.19. The third kappa shape index (κ3) is 5.02. The Balaban J connectivity index is 1.48. The van der Waals surface area contributed by atoms with Gasteiger partial charge in [-0.15, -0.1) is 0 Å². The fraction of sp³-hybridized carbons (Fsp3) is 0.208. The van der Waals surface area contributed by atoms with Crippen molar-refractivity contribution in [2.45, 2.75) is 11.3 Å². The molecule has 4 aromatic rings. The van der Waals surface area contributed by atoms with Crippen LogP contribution < -0.4 is 10.1 Å². The largest absolute Gasteiger partial charge is 0.457 e. The number of nitrogens with one attached hydrogen (secondary N) is 1. The molecule has 1 N–H and O–H groups in total. The average molecular weight is 495 g/mol. The molecule has 1 aliphatic heterocycles. The monoisotopic (exact) mass is 494 g/mol. The first-order valence-corrected chi connectivity index (χ1v) is 11.6. The molecule has 11 heteroatoms. The van der Waals surface area contributed by atoms with Crippen LogP contribution in [0, 0.1) is 0 Å². The van der Waals surface area contributed by atoms with Gasteiger partial charge in [0.15, 0.2) is 11.6 Å². The second-order valence-electron chi connectivity index (χ2n) is 7.86. The van der Waals surface area contributed by atoms with Crippen LogP contribution in [0.2, 0.25) is 0 Å². The maximum atomic E-state index is 13.0. The van der Waals surface area contributed by atoms with Gasteiger partial charge in [0, 0.05) is 48.9 Å². The van der Waals surface area contributed by atoms with Crippen molar-refractivity contribution in [1.29, 1.82) is 0 Å². The lowest BCUT2D eigenvalue weighted by Crippen LogP contribution is -2.41. The molecule has 5 rings (SSSR count). The molecule has 10 nitrogen and oxygen atoms in total. The molecule has 35 heavy (non-hydrogen) atoms. The first-order chi connectivity index (χ1) is 17.0. The van der Waals surface area contributed by atoms with Crippen LogP contribution in [0.15, 0.2) is 64.0 Å². The number of aryl methyl sites for hydroxylation is 1. The van der Waals surface area contributed by atoms with E-state index >= 15 is 0 Å². The van der Waals surface area contributed by atoms with Gasteiger partial charge in [-0.25, -0.2) is 4.89 Å². The Kier molecular flexibility index (Phi) is 6.45. The summed E-state index contributed by atoms with van der Waals surface area (Å²) >= 11 is 1.07. The predicted octanol–water partition coefficient (Wildman–Crippen LogP) is 4.64. The summed E-state index contributed by atoms with van der Waals surface area (Å²) in [5.41, 5.74) is 0.675. The number of nitrogens with zero attached hydrogens (tertiary/aromatic N) is 3. The molecule has 2 aromatic carbocycles. The van der Waals surface area contributed by atoms with Crippen molar-refractivity contribution in [1.82, 2.24) is 14.7 Å². The standard InChI is InChI=1S/C24H22N4O6S/c1-27-11-8-22(26-27)25-23(29)15-12-19(32-16-4-6-17(7-5-16)35-34-31-2)18-14-21(33-20(18)13-15)24(30)28-9-3-10-28/h4-8,11-14H,3,9-10H2,1-2H3,(H,25,26,29). The highest BCUT2D eigenvalue weighted by Gasteiger charge is 2.26. The SMILES string of the molecule is COOSc1ccc(Oc2cc(C(=O)Nc3ccn(C)n3)cc3oc(C(=O)N4CCC4)cc23)cc1. The van der Waals surface area contributed by atoms with Gasteiger partial charge in [0.1, 0.15) is 17.1 Å². The van der Waals surface area contributed by atoms with Gasteiger partial charge in [-0.3, -0.25) is 14.3 Å². The Morgan fingerprint density at radius 2 is 1.91 bits per heavy atom. The Morgan fingerprint density at radius 1 is 1.11 bits per heavy atom. The number of carbonyl (C=O) groups excluding carboxylic acids is 2. The van der Waals surface area contributed by atoms with Gasteiger partial charge < -0.3 is 19.4 Å². The van der Waals surface area contributed by atoms with E-state index in [1.54, 1.807) is 59.2 Å². The Labute approximate surface area is 204 Å². The van der Waals surface area contributed by atoms with Crippen LogP contribution in [-0.4, -0.2) is 46.7 Å². The summed E-state index contributed by atoms with van der Waals surface area (Å²) in [5, 5.41) is 7.52. The molecular formula is C24H22N4O6S. The van der Waals surface area contributed by atoms with Crippen molar-refractivity contribution < 1.29 is 28.0 Å². The molecule has 2 amide bonds. The number of ether oxygens (including phenoxy) is 1. The maximum Gasteiger partial charge on any atom is 0.289 e. The molecule has 0 atom stereocenters. The van der Waals surface area contributed by atoms with Crippen LogP contribution in [-0.2, 0) is 16.3 Å². The van der Waals surface area contributed by atoms with Crippen molar-refractivity contribution in [3.63, 3.8) is 0 Å². The molecule has 1 saturated heterocycles. The van der Waals surface area contributed by atoms with Crippen LogP contribution in [0.5, 0.6) is 11.5 Å². The molecule has 0 saturated carbocycles. The second kappa shape index (κ2) is 9.82. The van der Waals surface area contributed by atoms with Crippen molar-refractivity contribution in [3.8, 4) is 11.5 Å². The van der Waals surface area contributed by atoms with E-state index in [1.807, 2.05) is 12.1 Å². The van der Waals surface area contributed by atoms with Crippen molar-refractivity contribution >= 4 is 40.6 Å². The summed E-state index contributed by atoms with van der Waals surface area (Å²) in [6, 6.07) is 13.7. The number of benzene rings is 2. The highest BCUT2D eigenvalue weighted by molar-refractivity contribution is 7.94. The van der Waals surface area contributed by atoms with Gasteiger partial charge in [-0.2, -0.15) is 9.43 Å². The number of likely N-dealkylation sites (tertiary alicyclic amines) is 1. The Bertz CT molecular complexity index is 1380. The summed E-state index contributed by atoms with van der Waals surface area (Å²) in [6.07, 6.45) is 2.70. The molecule has 3 heterocycles. The third-order valence-corrected chi connectivity index (χ3v) is 6.09. The van der Waals surface area contributed by atoms with Gasteiger partial charge >= 0.3 is 0 Å². The van der Waals surface area contributed by atoms with Gasteiger partial charge in [-0.05, 0) is 42.8 Å². The fourth-order valence-electron chi connectivity index (χ4n) is 3.54.